The molecule has 0 radical (unpaired) electrons. The van der Waals surface area contributed by atoms with Crippen molar-refractivity contribution in [3.8, 4) is 11.3 Å². The molecule has 2 aromatic rings. The highest BCUT2D eigenvalue weighted by Crippen LogP contribution is 2.24. The van der Waals surface area contributed by atoms with E-state index in [4.69, 9.17) is 9.52 Å². The van der Waals surface area contributed by atoms with E-state index < -0.39 is 17.3 Å². The molecule has 1 N–H and O–H groups in total. The number of rotatable bonds is 4. The predicted octanol–water partition coefficient (Wildman–Crippen LogP) is 2.03. The summed E-state index contributed by atoms with van der Waals surface area (Å²) in [5.41, 5.74) is 0.606. The molecular weight excluding hydrogens is 238 g/mol. The molecule has 0 bridgehead atoms. The van der Waals surface area contributed by atoms with Crippen molar-refractivity contribution in [2.45, 2.75) is 0 Å². The second-order valence-electron chi connectivity index (χ2n) is 3.55. The Hall–Kier alpha value is -2.47. The summed E-state index contributed by atoms with van der Waals surface area (Å²) in [6.45, 7) is -0.618. The molecule has 0 aliphatic rings. The number of hydrogen-bond donors (Lipinski definition) is 1. The molecular formula is C12H9NO5. The molecule has 1 aromatic heterocycles. The van der Waals surface area contributed by atoms with Crippen molar-refractivity contribution in [2.75, 3.05) is 6.61 Å². The van der Waals surface area contributed by atoms with Crippen LogP contribution in [0.4, 0.5) is 5.69 Å². The maximum atomic E-state index is 11.2. The number of furan rings is 1. The third kappa shape index (κ3) is 2.28. The highest BCUT2D eigenvalue weighted by Gasteiger charge is 2.12. The molecule has 6 heteroatoms. The van der Waals surface area contributed by atoms with Gasteiger partial charge in [0.1, 0.15) is 12.4 Å². The zero-order valence-corrected chi connectivity index (χ0v) is 9.20. The Bertz CT molecular complexity index is 585. The summed E-state index contributed by atoms with van der Waals surface area (Å²) in [6, 6.07) is 8.80. The first-order chi connectivity index (χ1) is 8.61. The Kier molecular flexibility index (Phi) is 3.20. The van der Waals surface area contributed by atoms with E-state index >= 15 is 0 Å². The summed E-state index contributed by atoms with van der Waals surface area (Å²) in [5.74, 6) is -0.0317. The molecule has 0 spiro atoms. The lowest BCUT2D eigenvalue weighted by atomic mass is 10.1. The van der Waals surface area contributed by atoms with Gasteiger partial charge in [-0.25, -0.2) is 0 Å². The van der Waals surface area contributed by atoms with Gasteiger partial charge in [-0.05, 0) is 24.3 Å². The summed E-state index contributed by atoms with van der Waals surface area (Å²) in [7, 11) is 0. The second kappa shape index (κ2) is 4.80. The standard InChI is InChI=1S/C12H9NO5/c14-7-10(15)12-6-5-11(18-12)8-1-3-9(4-2-8)13(16)17/h1-6,14H,7H2. The molecule has 18 heavy (non-hydrogen) atoms. The predicted molar refractivity (Wildman–Crippen MR) is 62.2 cm³/mol. The van der Waals surface area contributed by atoms with Gasteiger partial charge in [0.25, 0.3) is 5.69 Å². The van der Waals surface area contributed by atoms with Crippen LogP contribution in [-0.2, 0) is 0 Å². The highest BCUT2D eigenvalue weighted by atomic mass is 16.6. The summed E-state index contributed by atoms with van der Waals surface area (Å²) in [4.78, 5) is 21.2. The minimum atomic E-state index is -0.618. The first-order valence-corrected chi connectivity index (χ1v) is 5.10. The fourth-order valence-electron chi connectivity index (χ4n) is 1.47. The van der Waals surface area contributed by atoms with Gasteiger partial charge in [-0.3, -0.25) is 14.9 Å². The van der Waals surface area contributed by atoms with Crippen LogP contribution in [-0.4, -0.2) is 22.4 Å². The molecule has 0 fully saturated rings. The topological polar surface area (TPSA) is 93.6 Å². The number of hydrogen-bond acceptors (Lipinski definition) is 5. The zero-order valence-electron chi connectivity index (χ0n) is 9.20. The first kappa shape index (κ1) is 12.0. The summed E-state index contributed by atoms with van der Waals surface area (Å²) >= 11 is 0. The number of nitro benzene ring substituents is 1. The highest BCUT2D eigenvalue weighted by molar-refractivity contribution is 5.94. The molecule has 0 saturated heterocycles. The van der Waals surface area contributed by atoms with Crippen LogP contribution in [0.3, 0.4) is 0 Å². The van der Waals surface area contributed by atoms with Crippen molar-refractivity contribution in [1.82, 2.24) is 0 Å². The number of nitro groups is 1. The number of ketones is 1. The quantitative estimate of drug-likeness (QED) is 0.506. The van der Waals surface area contributed by atoms with Gasteiger partial charge in [0.15, 0.2) is 5.76 Å². The van der Waals surface area contributed by atoms with Crippen molar-refractivity contribution in [2.24, 2.45) is 0 Å². The van der Waals surface area contributed by atoms with Crippen LogP contribution in [0.25, 0.3) is 11.3 Å². The molecule has 0 saturated carbocycles. The van der Waals surface area contributed by atoms with Crippen molar-refractivity contribution >= 4 is 11.5 Å². The normalized spacial score (nSPS) is 10.3. The summed E-state index contributed by atoms with van der Waals surface area (Å²) in [5, 5.41) is 19.2. The fourth-order valence-corrected chi connectivity index (χ4v) is 1.47. The number of non-ortho nitro benzene ring substituents is 1. The minimum Gasteiger partial charge on any atom is -0.453 e. The zero-order chi connectivity index (χ0) is 13.1. The second-order valence-corrected chi connectivity index (χ2v) is 3.55. The lowest BCUT2D eigenvalue weighted by molar-refractivity contribution is -0.384. The van der Waals surface area contributed by atoms with E-state index in [0.29, 0.717) is 11.3 Å². The van der Waals surface area contributed by atoms with E-state index in [1.165, 1.54) is 30.3 Å². The molecule has 92 valence electrons. The monoisotopic (exact) mass is 247 g/mol. The fraction of sp³-hybridized carbons (Fsp3) is 0.0833. The number of carbonyl (C=O) groups excluding carboxylic acids is 1. The van der Waals surface area contributed by atoms with E-state index in [2.05, 4.69) is 0 Å². The molecule has 2 rings (SSSR count). The van der Waals surface area contributed by atoms with Crippen molar-refractivity contribution in [3.05, 3.63) is 52.3 Å². The number of nitrogens with zero attached hydrogens (tertiary/aromatic N) is 1. The Morgan fingerprint density at radius 3 is 2.44 bits per heavy atom. The Morgan fingerprint density at radius 2 is 1.89 bits per heavy atom. The number of aliphatic hydroxyl groups excluding tert-OH is 1. The lowest BCUT2D eigenvalue weighted by Crippen LogP contribution is -2.01. The van der Waals surface area contributed by atoms with Crippen LogP contribution in [0.5, 0.6) is 0 Å². The third-order valence-corrected chi connectivity index (χ3v) is 2.39. The van der Waals surface area contributed by atoms with E-state index in [-0.39, 0.29) is 11.4 Å². The average Bonchev–Trinajstić information content (AvgIpc) is 2.87. The minimum absolute atomic E-state index is 0.0167. The van der Waals surface area contributed by atoms with E-state index in [1.807, 2.05) is 0 Å². The van der Waals surface area contributed by atoms with E-state index in [9.17, 15) is 14.9 Å². The molecule has 0 aliphatic heterocycles. The van der Waals surface area contributed by atoms with E-state index in [1.54, 1.807) is 6.07 Å². The number of benzene rings is 1. The number of carbonyl (C=O) groups is 1. The smallest absolute Gasteiger partial charge is 0.269 e. The van der Waals surface area contributed by atoms with Crippen LogP contribution in [0.1, 0.15) is 10.6 Å². The first-order valence-electron chi connectivity index (χ1n) is 5.10. The van der Waals surface area contributed by atoms with Gasteiger partial charge in [-0.1, -0.05) is 0 Å². The van der Waals surface area contributed by atoms with Crippen LogP contribution >= 0.6 is 0 Å². The molecule has 1 heterocycles. The Balaban J connectivity index is 2.29. The van der Waals surface area contributed by atoms with E-state index in [0.717, 1.165) is 0 Å². The maximum Gasteiger partial charge on any atom is 0.269 e. The number of Topliss-reactive ketones (excluding diaryl/α,β-unsaturated/α-hetero) is 1. The third-order valence-electron chi connectivity index (χ3n) is 2.39. The molecule has 0 unspecified atom stereocenters. The van der Waals surface area contributed by atoms with Gasteiger partial charge in [-0.2, -0.15) is 0 Å². The maximum absolute atomic E-state index is 11.2. The summed E-state index contributed by atoms with van der Waals surface area (Å²) < 4.78 is 5.24. The van der Waals surface area contributed by atoms with Crippen molar-refractivity contribution in [1.29, 1.82) is 0 Å². The molecule has 0 amide bonds. The van der Waals surface area contributed by atoms with Crippen LogP contribution in [0, 0.1) is 10.1 Å². The average molecular weight is 247 g/mol. The molecule has 0 atom stereocenters. The Morgan fingerprint density at radius 1 is 1.22 bits per heavy atom. The van der Waals surface area contributed by atoms with Gasteiger partial charge in [0.2, 0.25) is 5.78 Å². The van der Waals surface area contributed by atoms with Gasteiger partial charge in [0, 0.05) is 17.7 Å². The van der Waals surface area contributed by atoms with Gasteiger partial charge in [-0.15, -0.1) is 0 Å². The van der Waals surface area contributed by atoms with Crippen LogP contribution < -0.4 is 0 Å². The molecule has 0 aliphatic carbocycles. The van der Waals surface area contributed by atoms with Crippen LogP contribution in [0.15, 0.2) is 40.8 Å². The number of aliphatic hydroxyl groups is 1. The SMILES string of the molecule is O=C(CO)c1ccc(-c2ccc([N+](=O)[O-])cc2)o1. The Labute approximate surface area is 102 Å². The summed E-state index contributed by atoms with van der Waals surface area (Å²) in [6.07, 6.45) is 0. The van der Waals surface area contributed by atoms with Crippen molar-refractivity contribution < 1.29 is 19.2 Å². The van der Waals surface area contributed by atoms with Gasteiger partial charge < -0.3 is 9.52 Å². The molecule has 6 nitrogen and oxygen atoms in total. The van der Waals surface area contributed by atoms with Crippen molar-refractivity contribution in [3.63, 3.8) is 0 Å². The van der Waals surface area contributed by atoms with Crippen LogP contribution in [0.2, 0.25) is 0 Å². The van der Waals surface area contributed by atoms with Gasteiger partial charge >= 0.3 is 0 Å². The largest absolute Gasteiger partial charge is 0.453 e. The lowest BCUT2D eigenvalue weighted by Gasteiger charge is -1.96. The molecule has 1 aromatic carbocycles. The van der Waals surface area contributed by atoms with Gasteiger partial charge in [0.05, 0.1) is 4.92 Å².